The Balaban J connectivity index is 2.06. The molecule has 0 bridgehead atoms. The van der Waals surface area contributed by atoms with Gasteiger partial charge in [0.1, 0.15) is 23.6 Å². The molecular formula is C22H31N3O5. The Labute approximate surface area is 177 Å². The second-order valence-corrected chi connectivity index (χ2v) is 9.06. The molecule has 30 heavy (non-hydrogen) atoms. The van der Waals surface area contributed by atoms with Crippen LogP contribution in [0.3, 0.4) is 0 Å². The Morgan fingerprint density at radius 1 is 1.00 bits per heavy atom. The van der Waals surface area contributed by atoms with Gasteiger partial charge in [0.2, 0.25) is 0 Å². The van der Waals surface area contributed by atoms with Crippen molar-refractivity contribution in [3.05, 3.63) is 30.6 Å². The van der Waals surface area contributed by atoms with E-state index in [1.165, 1.54) is 0 Å². The molecule has 2 aromatic rings. The monoisotopic (exact) mass is 417 g/mol. The molecule has 1 heterocycles. The average Bonchev–Trinajstić information content (AvgIpc) is 2.56. The first-order chi connectivity index (χ1) is 13.8. The standard InChI is InChI=1S/C22H31N3O5/c1-14(24-19(26)29-21(2,3)4)13-28-18-12-23-11-15-8-9-16(10-17(15)18)25-20(27)30-22(5,6)7/h8-12,14H,13H2,1-7H3,(H,24,26)(H,25,27)/t14-/m1/s1. The minimum Gasteiger partial charge on any atom is -0.489 e. The van der Waals surface area contributed by atoms with Crippen molar-refractivity contribution >= 4 is 28.6 Å². The normalized spacial score (nSPS) is 12.8. The highest BCUT2D eigenvalue weighted by Gasteiger charge is 2.19. The lowest BCUT2D eigenvalue weighted by molar-refractivity contribution is 0.0493. The van der Waals surface area contributed by atoms with Crippen LogP contribution < -0.4 is 15.4 Å². The topological polar surface area (TPSA) is 98.8 Å². The van der Waals surface area contributed by atoms with Crippen LogP contribution in [0.1, 0.15) is 48.5 Å². The van der Waals surface area contributed by atoms with Crippen molar-refractivity contribution in [3.8, 4) is 5.75 Å². The number of nitrogens with one attached hydrogen (secondary N) is 2. The molecule has 2 N–H and O–H groups in total. The summed E-state index contributed by atoms with van der Waals surface area (Å²) >= 11 is 0. The molecule has 0 saturated heterocycles. The molecule has 2 amide bonds. The molecule has 0 aliphatic carbocycles. The van der Waals surface area contributed by atoms with Gasteiger partial charge < -0.3 is 19.5 Å². The van der Waals surface area contributed by atoms with Gasteiger partial charge in [0, 0.05) is 22.7 Å². The number of pyridine rings is 1. The van der Waals surface area contributed by atoms with Crippen LogP contribution in [0.4, 0.5) is 15.3 Å². The molecule has 0 saturated carbocycles. The Morgan fingerprint density at radius 3 is 2.27 bits per heavy atom. The number of ether oxygens (including phenoxy) is 3. The fraction of sp³-hybridized carbons (Fsp3) is 0.500. The van der Waals surface area contributed by atoms with Gasteiger partial charge in [0.25, 0.3) is 0 Å². The zero-order chi connectivity index (χ0) is 22.5. The summed E-state index contributed by atoms with van der Waals surface area (Å²) in [5.74, 6) is 0.540. The number of carbonyl (C=O) groups excluding carboxylic acids is 2. The van der Waals surface area contributed by atoms with Crippen LogP contribution in [0.25, 0.3) is 10.8 Å². The first-order valence-electron chi connectivity index (χ1n) is 9.82. The number of rotatable bonds is 5. The SMILES string of the molecule is C[C@H](COc1cncc2ccc(NC(=O)OC(C)(C)C)cc12)NC(=O)OC(C)(C)C. The van der Waals surface area contributed by atoms with Crippen molar-refractivity contribution < 1.29 is 23.8 Å². The number of anilines is 1. The minimum atomic E-state index is -0.587. The summed E-state index contributed by atoms with van der Waals surface area (Å²) in [5.41, 5.74) is -0.578. The number of carbonyl (C=O) groups is 2. The first kappa shape index (κ1) is 23.3. The summed E-state index contributed by atoms with van der Waals surface area (Å²) in [6.45, 7) is 12.9. The third-order valence-corrected chi connectivity index (χ3v) is 3.62. The first-order valence-corrected chi connectivity index (χ1v) is 9.82. The second-order valence-electron chi connectivity index (χ2n) is 9.06. The van der Waals surface area contributed by atoms with E-state index in [4.69, 9.17) is 14.2 Å². The Morgan fingerprint density at radius 2 is 1.63 bits per heavy atom. The number of benzene rings is 1. The van der Waals surface area contributed by atoms with Crippen LogP contribution >= 0.6 is 0 Å². The van der Waals surface area contributed by atoms with Crippen LogP contribution in [0.5, 0.6) is 5.75 Å². The number of fused-ring (bicyclic) bond motifs is 1. The molecule has 0 radical (unpaired) electrons. The van der Waals surface area contributed by atoms with E-state index in [1.807, 2.05) is 13.0 Å². The van der Waals surface area contributed by atoms with Crippen molar-refractivity contribution in [3.63, 3.8) is 0 Å². The van der Waals surface area contributed by atoms with Crippen LogP contribution in [-0.2, 0) is 9.47 Å². The molecule has 0 aliphatic rings. The average molecular weight is 418 g/mol. The number of hydrogen-bond acceptors (Lipinski definition) is 6. The number of amides is 2. The van der Waals surface area contributed by atoms with Crippen LogP contribution in [0.2, 0.25) is 0 Å². The lowest BCUT2D eigenvalue weighted by Crippen LogP contribution is -2.40. The summed E-state index contributed by atoms with van der Waals surface area (Å²) in [7, 11) is 0. The zero-order valence-corrected chi connectivity index (χ0v) is 18.7. The van der Waals surface area contributed by atoms with Gasteiger partial charge in [-0.25, -0.2) is 9.59 Å². The van der Waals surface area contributed by atoms with Gasteiger partial charge in [-0.05, 0) is 60.6 Å². The second kappa shape index (κ2) is 9.19. The molecular weight excluding hydrogens is 386 g/mol. The van der Waals surface area contributed by atoms with E-state index in [-0.39, 0.29) is 12.6 Å². The Hall–Kier alpha value is -3.03. The number of hydrogen-bond donors (Lipinski definition) is 2. The van der Waals surface area contributed by atoms with E-state index >= 15 is 0 Å². The van der Waals surface area contributed by atoms with Gasteiger partial charge in [0.05, 0.1) is 12.2 Å². The summed E-state index contributed by atoms with van der Waals surface area (Å²) in [6, 6.07) is 5.12. The van der Waals surface area contributed by atoms with Crippen molar-refractivity contribution in [2.24, 2.45) is 0 Å². The molecule has 1 aromatic heterocycles. The highest BCUT2D eigenvalue weighted by Crippen LogP contribution is 2.27. The number of alkyl carbamates (subject to hydrolysis) is 1. The van der Waals surface area contributed by atoms with Crippen molar-refractivity contribution in [1.82, 2.24) is 10.3 Å². The maximum atomic E-state index is 12.0. The van der Waals surface area contributed by atoms with Crippen LogP contribution in [0.15, 0.2) is 30.6 Å². The quantitative estimate of drug-likeness (QED) is 0.720. The van der Waals surface area contributed by atoms with E-state index in [0.29, 0.717) is 11.4 Å². The predicted molar refractivity (Wildman–Crippen MR) is 116 cm³/mol. The number of nitrogens with zero attached hydrogens (tertiary/aromatic N) is 1. The van der Waals surface area contributed by atoms with E-state index in [1.54, 1.807) is 66.1 Å². The molecule has 164 valence electrons. The van der Waals surface area contributed by atoms with Gasteiger partial charge >= 0.3 is 12.2 Å². The fourth-order valence-corrected chi connectivity index (χ4v) is 2.52. The fourth-order valence-electron chi connectivity index (χ4n) is 2.52. The third-order valence-electron chi connectivity index (χ3n) is 3.62. The summed E-state index contributed by atoms with van der Waals surface area (Å²) < 4.78 is 16.4. The van der Waals surface area contributed by atoms with Gasteiger partial charge in [-0.2, -0.15) is 0 Å². The molecule has 0 spiro atoms. The Bertz CT molecular complexity index is 900. The zero-order valence-electron chi connectivity index (χ0n) is 18.7. The van der Waals surface area contributed by atoms with E-state index in [9.17, 15) is 9.59 Å². The van der Waals surface area contributed by atoms with Gasteiger partial charge in [-0.15, -0.1) is 0 Å². The molecule has 8 heteroatoms. The molecule has 1 aromatic carbocycles. The number of aromatic nitrogens is 1. The summed E-state index contributed by atoms with van der Waals surface area (Å²) in [6.07, 6.45) is 2.27. The highest BCUT2D eigenvalue weighted by molar-refractivity contribution is 5.93. The molecule has 1 atom stereocenters. The summed E-state index contributed by atoms with van der Waals surface area (Å²) in [5, 5.41) is 7.09. The molecule has 0 fully saturated rings. The maximum absolute atomic E-state index is 12.0. The largest absolute Gasteiger partial charge is 0.489 e. The maximum Gasteiger partial charge on any atom is 0.412 e. The highest BCUT2D eigenvalue weighted by atomic mass is 16.6. The Kier molecular flexibility index (Phi) is 7.12. The van der Waals surface area contributed by atoms with Crippen molar-refractivity contribution in [1.29, 1.82) is 0 Å². The smallest absolute Gasteiger partial charge is 0.412 e. The molecule has 8 nitrogen and oxygen atoms in total. The van der Waals surface area contributed by atoms with Crippen molar-refractivity contribution in [2.75, 3.05) is 11.9 Å². The van der Waals surface area contributed by atoms with E-state index < -0.39 is 23.4 Å². The van der Waals surface area contributed by atoms with Crippen molar-refractivity contribution in [2.45, 2.75) is 65.7 Å². The van der Waals surface area contributed by atoms with Gasteiger partial charge in [-0.3, -0.25) is 10.3 Å². The van der Waals surface area contributed by atoms with E-state index in [0.717, 1.165) is 10.8 Å². The van der Waals surface area contributed by atoms with Crippen LogP contribution in [0, 0.1) is 0 Å². The van der Waals surface area contributed by atoms with Gasteiger partial charge in [0.15, 0.2) is 0 Å². The lowest BCUT2D eigenvalue weighted by atomic mass is 10.1. The predicted octanol–water partition coefficient (Wildman–Crippen LogP) is 4.87. The summed E-state index contributed by atoms with van der Waals surface area (Å²) in [4.78, 5) is 28.1. The molecule has 0 aliphatic heterocycles. The van der Waals surface area contributed by atoms with E-state index in [2.05, 4.69) is 15.6 Å². The lowest BCUT2D eigenvalue weighted by Gasteiger charge is -2.22. The minimum absolute atomic E-state index is 0.226. The third kappa shape index (κ3) is 7.77. The van der Waals surface area contributed by atoms with Crippen LogP contribution in [-0.4, -0.2) is 41.0 Å². The molecule has 2 rings (SSSR count). The van der Waals surface area contributed by atoms with Gasteiger partial charge in [-0.1, -0.05) is 6.07 Å². The molecule has 0 unspecified atom stereocenters.